The number of halogens is 2. The van der Waals surface area contributed by atoms with Crippen LogP contribution in [0.1, 0.15) is 11.7 Å². The van der Waals surface area contributed by atoms with Crippen LogP contribution in [0.4, 0.5) is 9.18 Å². The molecule has 5 nitrogen and oxygen atoms in total. The summed E-state index contributed by atoms with van der Waals surface area (Å²) in [5, 5.41) is 5.86. The zero-order chi connectivity index (χ0) is 14.5. The van der Waals surface area contributed by atoms with Crippen molar-refractivity contribution in [1.29, 1.82) is 0 Å². The Morgan fingerprint density at radius 3 is 3.10 bits per heavy atom. The summed E-state index contributed by atoms with van der Waals surface area (Å²) in [4.78, 5) is 10.8. The minimum Gasteiger partial charge on any atom is -0.372 e. The maximum absolute atomic E-state index is 13.2. The van der Waals surface area contributed by atoms with Gasteiger partial charge in [-0.15, -0.1) is 0 Å². The number of nitrogens with two attached hydrogens (primary N) is 1. The van der Waals surface area contributed by atoms with Crippen LogP contribution in [0.25, 0.3) is 0 Å². The van der Waals surface area contributed by atoms with Gasteiger partial charge < -0.3 is 21.1 Å². The highest BCUT2D eigenvalue weighted by Gasteiger charge is 2.26. The van der Waals surface area contributed by atoms with Crippen LogP contribution in [0.15, 0.2) is 18.2 Å². The van der Waals surface area contributed by atoms with Gasteiger partial charge in [-0.2, -0.15) is 0 Å². The number of ether oxygens (including phenoxy) is 1. The number of rotatable bonds is 3. The van der Waals surface area contributed by atoms with E-state index in [1.54, 1.807) is 12.1 Å². The summed E-state index contributed by atoms with van der Waals surface area (Å²) in [7, 11) is 0. The lowest BCUT2D eigenvalue weighted by molar-refractivity contribution is 0.0315. The maximum atomic E-state index is 13.2. The molecule has 1 aliphatic heterocycles. The van der Waals surface area contributed by atoms with Crippen molar-refractivity contribution in [2.75, 3.05) is 26.2 Å². The Hall–Kier alpha value is -1.37. The number of carbonyl (C=O) groups is 1. The molecule has 1 aliphatic rings. The van der Waals surface area contributed by atoms with Crippen molar-refractivity contribution in [3.05, 3.63) is 34.6 Å². The normalized spacial score (nSPS) is 23.1. The first-order valence-corrected chi connectivity index (χ1v) is 6.76. The number of hydrogen-bond acceptors (Lipinski definition) is 3. The Morgan fingerprint density at radius 2 is 2.40 bits per heavy atom. The molecule has 0 aromatic heterocycles. The fourth-order valence-corrected chi connectivity index (χ4v) is 2.45. The second-order valence-electron chi connectivity index (χ2n) is 4.67. The van der Waals surface area contributed by atoms with E-state index < -0.39 is 11.8 Å². The van der Waals surface area contributed by atoms with Gasteiger partial charge in [-0.05, 0) is 17.7 Å². The highest BCUT2D eigenvalue weighted by atomic mass is 35.5. The highest BCUT2D eigenvalue weighted by Crippen LogP contribution is 2.29. The standard InChI is InChI=1S/C13H17ClFN3O2/c14-10-5-8(1-2-11(10)15)12-9(7-18-13(16)19)6-17-3-4-20-12/h1-2,5,9,12,17H,3-4,6-7H2,(H3,16,18,19)/t9-,12?/m1/s1. The number of amides is 2. The van der Waals surface area contributed by atoms with Crippen molar-refractivity contribution < 1.29 is 13.9 Å². The summed E-state index contributed by atoms with van der Waals surface area (Å²) < 4.78 is 19.0. The SMILES string of the molecule is NC(=O)NC[C@H]1CNCCOC1c1ccc(F)c(Cl)c1. The van der Waals surface area contributed by atoms with E-state index in [-0.39, 0.29) is 17.0 Å². The smallest absolute Gasteiger partial charge is 0.312 e. The molecular formula is C13H17ClFN3O2. The van der Waals surface area contributed by atoms with Gasteiger partial charge in [-0.25, -0.2) is 9.18 Å². The number of hydrogen-bond donors (Lipinski definition) is 3. The molecule has 7 heteroatoms. The topological polar surface area (TPSA) is 76.4 Å². The Kier molecular flexibility index (Phi) is 5.17. The Morgan fingerprint density at radius 1 is 1.60 bits per heavy atom. The molecule has 1 fully saturated rings. The summed E-state index contributed by atoms with van der Waals surface area (Å²) >= 11 is 5.81. The second-order valence-corrected chi connectivity index (χ2v) is 5.08. The molecule has 4 N–H and O–H groups in total. The molecule has 1 aromatic rings. The zero-order valence-electron chi connectivity index (χ0n) is 10.9. The lowest BCUT2D eigenvalue weighted by atomic mass is 9.95. The predicted molar refractivity (Wildman–Crippen MR) is 74.0 cm³/mol. The van der Waals surface area contributed by atoms with Crippen molar-refractivity contribution >= 4 is 17.6 Å². The molecular weight excluding hydrogens is 285 g/mol. The number of carbonyl (C=O) groups excluding carboxylic acids is 1. The molecule has 0 aliphatic carbocycles. The lowest BCUT2D eigenvalue weighted by Gasteiger charge is -2.25. The molecule has 1 unspecified atom stereocenters. The predicted octanol–water partition coefficient (Wildman–Crippen LogP) is 1.42. The van der Waals surface area contributed by atoms with Gasteiger partial charge in [-0.3, -0.25) is 0 Å². The van der Waals surface area contributed by atoms with E-state index in [9.17, 15) is 9.18 Å². The van der Waals surface area contributed by atoms with Gasteiger partial charge in [-0.1, -0.05) is 17.7 Å². The van der Waals surface area contributed by atoms with Crippen LogP contribution in [0.2, 0.25) is 5.02 Å². The molecule has 0 saturated carbocycles. The molecule has 110 valence electrons. The highest BCUT2D eigenvalue weighted by molar-refractivity contribution is 6.30. The summed E-state index contributed by atoms with van der Waals surface area (Å²) in [5.74, 6) is -0.472. The van der Waals surface area contributed by atoms with E-state index in [0.717, 1.165) is 12.1 Å². The number of nitrogens with one attached hydrogen (secondary N) is 2. The van der Waals surface area contributed by atoms with E-state index in [0.29, 0.717) is 19.7 Å². The van der Waals surface area contributed by atoms with Crippen LogP contribution >= 0.6 is 11.6 Å². The average molecular weight is 302 g/mol. The van der Waals surface area contributed by atoms with E-state index >= 15 is 0 Å². The Bertz CT molecular complexity index is 487. The third-order valence-corrected chi connectivity index (χ3v) is 3.51. The third kappa shape index (κ3) is 3.82. The van der Waals surface area contributed by atoms with E-state index in [4.69, 9.17) is 22.1 Å². The zero-order valence-corrected chi connectivity index (χ0v) is 11.6. The second kappa shape index (κ2) is 6.88. The van der Waals surface area contributed by atoms with Crippen LogP contribution < -0.4 is 16.4 Å². The van der Waals surface area contributed by atoms with E-state index in [2.05, 4.69) is 10.6 Å². The van der Waals surface area contributed by atoms with Crippen molar-refractivity contribution in [3.8, 4) is 0 Å². The Labute approximate surface area is 121 Å². The van der Waals surface area contributed by atoms with Crippen molar-refractivity contribution in [3.63, 3.8) is 0 Å². The van der Waals surface area contributed by atoms with Crippen molar-refractivity contribution in [1.82, 2.24) is 10.6 Å². The molecule has 1 aromatic carbocycles. The minimum absolute atomic E-state index is 0.00784. The monoisotopic (exact) mass is 301 g/mol. The first kappa shape index (κ1) is 15.0. The molecule has 0 spiro atoms. The molecule has 1 saturated heterocycles. The van der Waals surface area contributed by atoms with Crippen molar-refractivity contribution in [2.24, 2.45) is 11.7 Å². The van der Waals surface area contributed by atoms with Crippen LogP contribution in [0, 0.1) is 11.7 Å². The van der Waals surface area contributed by atoms with Gasteiger partial charge in [0.2, 0.25) is 0 Å². The molecule has 2 rings (SSSR count). The first-order valence-electron chi connectivity index (χ1n) is 6.38. The third-order valence-electron chi connectivity index (χ3n) is 3.22. The summed E-state index contributed by atoms with van der Waals surface area (Å²) in [6.07, 6.45) is -0.269. The molecule has 2 amide bonds. The van der Waals surface area contributed by atoms with Crippen LogP contribution in [0.3, 0.4) is 0 Å². The largest absolute Gasteiger partial charge is 0.372 e. The Balaban J connectivity index is 2.18. The van der Waals surface area contributed by atoms with E-state index in [1.807, 2.05) is 0 Å². The van der Waals surface area contributed by atoms with Crippen LogP contribution in [-0.2, 0) is 4.74 Å². The molecule has 1 heterocycles. The quantitative estimate of drug-likeness (QED) is 0.790. The number of primary amides is 1. The molecule has 20 heavy (non-hydrogen) atoms. The average Bonchev–Trinajstić information content (AvgIpc) is 2.65. The van der Waals surface area contributed by atoms with Gasteiger partial charge in [0.15, 0.2) is 0 Å². The number of urea groups is 1. The summed E-state index contributed by atoms with van der Waals surface area (Å²) in [5.41, 5.74) is 5.88. The molecule has 0 bridgehead atoms. The molecule has 2 atom stereocenters. The van der Waals surface area contributed by atoms with Gasteiger partial charge >= 0.3 is 6.03 Å². The van der Waals surface area contributed by atoms with Crippen molar-refractivity contribution in [2.45, 2.75) is 6.10 Å². The van der Waals surface area contributed by atoms with Gasteiger partial charge in [0.1, 0.15) is 5.82 Å². The van der Waals surface area contributed by atoms with Gasteiger partial charge in [0, 0.05) is 25.6 Å². The van der Waals surface area contributed by atoms with E-state index in [1.165, 1.54) is 6.07 Å². The van der Waals surface area contributed by atoms with Crippen LogP contribution in [0.5, 0.6) is 0 Å². The fourth-order valence-electron chi connectivity index (χ4n) is 2.26. The van der Waals surface area contributed by atoms with Gasteiger partial charge in [0.25, 0.3) is 0 Å². The fraction of sp³-hybridized carbons (Fsp3) is 0.462. The minimum atomic E-state index is -0.579. The van der Waals surface area contributed by atoms with Gasteiger partial charge in [0.05, 0.1) is 17.7 Å². The first-order chi connectivity index (χ1) is 9.58. The summed E-state index contributed by atoms with van der Waals surface area (Å²) in [6, 6.07) is 3.95. The number of benzene rings is 1. The lowest BCUT2D eigenvalue weighted by Crippen LogP contribution is -2.38. The maximum Gasteiger partial charge on any atom is 0.312 e. The molecule has 0 radical (unpaired) electrons. The summed E-state index contributed by atoms with van der Waals surface area (Å²) in [6.45, 7) is 2.30. The van der Waals surface area contributed by atoms with Crippen LogP contribution in [-0.4, -0.2) is 32.3 Å².